The third-order valence-electron chi connectivity index (χ3n) is 4.89. The molecular formula is C25H23FN4O4. The Morgan fingerprint density at radius 1 is 1.00 bits per heavy atom. The normalized spacial score (nSPS) is 10.7. The third-order valence-corrected chi connectivity index (χ3v) is 4.89. The highest BCUT2D eigenvalue weighted by atomic mass is 19.1. The second-order valence-corrected chi connectivity index (χ2v) is 7.21. The molecular weight excluding hydrogens is 439 g/mol. The van der Waals surface area contributed by atoms with Crippen LogP contribution in [0.1, 0.15) is 10.4 Å². The molecule has 1 amide bonds. The van der Waals surface area contributed by atoms with E-state index in [4.69, 9.17) is 14.2 Å². The molecule has 0 atom stereocenters. The molecule has 4 aromatic rings. The molecule has 0 aliphatic carbocycles. The summed E-state index contributed by atoms with van der Waals surface area (Å²) in [5.41, 5.74) is 2.18. The van der Waals surface area contributed by atoms with E-state index in [-0.39, 0.29) is 18.5 Å². The van der Waals surface area contributed by atoms with Crippen LogP contribution in [0, 0.1) is 5.82 Å². The van der Waals surface area contributed by atoms with E-state index in [0.29, 0.717) is 40.7 Å². The molecule has 0 spiro atoms. The van der Waals surface area contributed by atoms with Gasteiger partial charge in [0.05, 0.1) is 19.4 Å². The number of benzene rings is 3. The number of carbonyl (C=O) groups is 1. The van der Waals surface area contributed by atoms with Crippen molar-refractivity contribution >= 4 is 11.6 Å². The van der Waals surface area contributed by atoms with Crippen molar-refractivity contribution in [2.45, 2.75) is 0 Å². The quantitative estimate of drug-likeness (QED) is 0.372. The first-order valence-corrected chi connectivity index (χ1v) is 10.5. The minimum atomic E-state index is -0.394. The second kappa shape index (κ2) is 10.6. The Hall–Kier alpha value is -4.24. The molecule has 0 bridgehead atoms. The summed E-state index contributed by atoms with van der Waals surface area (Å²) in [5.74, 6) is 0.394. The van der Waals surface area contributed by atoms with E-state index in [1.807, 2.05) is 0 Å². The fraction of sp³-hybridized carbons (Fsp3) is 0.160. The SMILES string of the molecule is COCCOc1nc(-c2cccc(F)c2)n(-c2cccc(NC(=O)c3ccc(OC)cc3)c2)n1. The standard InChI is InChI=1S/C25H23FN4O4/c1-32-13-14-34-25-28-23(18-5-3-6-19(26)15-18)30(29-25)21-8-4-7-20(16-21)27-24(31)17-9-11-22(33-2)12-10-17/h3-12,15-16H,13-14H2,1-2H3,(H,27,31). The molecule has 34 heavy (non-hydrogen) atoms. The summed E-state index contributed by atoms with van der Waals surface area (Å²) in [4.78, 5) is 17.1. The van der Waals surface area contributed by atoms with Crippen LogP contribution in [0.2, 0.25) is 0 Å². The maximum atomic E-state index is 13.9. The van der Waals surface area contributed by atoms with Gasteiger partial charge in [0.1, 0.15) is 18.2 Å². The van der Waals surface area contributed by atoms with Crippen LogP contribution in [-0.4, -0.2) is 48.1 Å². The summed E-state index contributed by atoms with van der Waals surface area (Å²) in [6.45, 7) is 0.637. The second-order valence-electron chi connectivity index (χ2n) is 7.21. The molecule has 174 valence electrons. The molecule has 1 aromatic heterocycles. The van der Waals surface area contributed by atoms with E-state index in [0.717, 1.165) is 0 Å². The number of ether oxygens (including phenoxy) is 3. The highest BCUT2D eigenvalue weighted by Crippen LogP contribution is 2.26. The van der Waals surface area contributed by atoms with Crippen molar-refractivity contribution in [1.82, 2.24) is 14.8 Å². The molecule has 0 aliphatic heterocycles. The van der Waals surface area contributed by atoms with E-state index < -0.39 is 5.82 Å². The van der Waals surface area contributed by atoms with Gasteiger partial charge in [0.15, 0.2) is 5.82 Å². The maximum absolute atomic E-state index is 13.9. The molecule has 0 aliphatic rings. The maximum Gasteiger partial charge on any atom is 0.336 e. The van der Waals surface area contributed by atoms with Crippen molar-refractivity contribution in [2.24, 2.45) is 0 Å². The summed E-state index contributed by atoms with van der Waals surface area (Å²) in [7, 11) is 3.14. The van der Waals surface area contributed by atoms with Crippen LogP contribution in [-0.2, 0) is 4.74 Å². The lowest BCUT2D eigenvalue weighted by Crippen LogP contribution is -2.12. The van der Waals surface area contributed by atoms with Gasteiger partial charge in [-0.2, -0.15) is 4.98 Å². The topological polar surface area (TPSA) is 87.5 Å². The Kier molecular flexibility index (Phi) is 7.14. The van der Waals surface area contributed by atoms with Crippen LogP contribution in [0.15, 0.2) is 72.8 Å². The minimum absolute atomic E-state index is 0.129. The van der Waals surface area contributed by atoms with E-state index in [9.17, 15) is 9.18 Å². The fourth-order valence-corrected chi connectivity index (χ4v) is 3.23. The lowest BCUT2D eigenvalue weighted by Gasteiger charge is -2.10. The summed E-state index contributed by atoms with van der Waals surface area (Å²) in [5, 5.41) is 7.31. The monoisotopic (exact) mass is 462 g/mol. The van der Waals surface area contributed by atoms with Crippen LogP contribution in [0.25, 0.3) is 17.1 Å². The number of nitrogens with zero attached hydrogens (tertiary/aromatic N) is 3. The summed E-state index contributed by atoms with van der Waals surface area (Å²) in [6, 6.07) is 20.1. The Labute approximate surface area is 195 Å². The van der Waals surface area contributed by atoms with E-state index >= 15 is 0 Å². The minimum Gasteiger partial charge on any atom is -0.497 e. The van der Waals surface area contributed by atoms with Gasteiger partial charge in [-0.3, -0.25) is 4.79 Å². The molecule has 4 rings (SSSR count). The molecule has 9 heteroatoms. The molecule has 1 heterocycles. The molecule has 0 unspecified atom stereocenters. The lowest BCUT2D eigenvalue weighted by molar-refractivity contribution is 0.102. The summed E-state index contributed by atoms with van der Waals surface area (Å²) in [6.07, 6.45) is 0. The van der Waals surface area contributed by atoms with E-state index in [1.54, 1.807) is 79.6 Å². The van der Waals surface area contributed by atoms with Crippen LogP contribution in [0.3, 0.4) is 0 Å². The third kappa shape index (κ3) is 5.38. The zero-order valence-electron chi connectivity index (χ0n) is 18.7. The number of anilines is 1. The first-order valence-electron chi connectivity index (χ1n) is 10.5. The summed E-state index contributed by atoms with van der Waals surface area (Å²) >= 11 is 0. The fourth-order valence-electron chi connectivity index (χ4n) is 3.23. The molecule has 3 aromatic carbocycles. The number of methoxy groups -OCH3 is 2. The van der Waals surface area contributed by atoms with Gasteiger partial charge in [-0.05, 0) is 54.6 Å². The Bertz CT molecular complexity index is 1270. The number of rotatable bonds is 9. The highest BCUT2D eigenvalue weighted by molar-refractivity contribution is 6.04. The molecule has 0 saturated carbocycles. The molecule has 0 radical (unpaired) electrons. The Morgan fingerprint density at radius 3 is 2.53 bits per heavy atom. The van der Waals surface area contributed by atoms with Crippen molar-refractivity contribution < 1.29 is 23.4 Å². The largest absolute Gasteiger partial charge is 0.497 e. The van der Waals surface area contributed by atoms with Crippen LogP contribution in [0.5, 0.6) is 11.8 Å². The smallest absolute Gasteiger partial charge is 0.336 e. The van der Waals surface area contributed by atoms with Gasteiger partial charge in [-0.15, -0.1) is 5.10 Å². The number of carbonyl (C=O) groups excluding carboxylic acids is 1. The number of aromatic nitrogens is 3. The van der Waals surface area contributed by atoms with Gasteiger partial charge in [-0.1, -0.05) is 18.2 Å². The number of nitrogens with one attached hydrogen (secondary N) is 1. The molecule has 1 N–H and O–H groups in total. The summed E-state index contributed by atoms with van der Waals surface area (Å²) < 4.78 is 31.1. The predicted octanol–water partition coefficient (Wildman–Crippen LogP) is 4.36. The Balaban J connectivity index is 1.64. The van der Waals surface area contributed by atoms with Gasteiger partial charge < -0.3 is 19.5 Å². The van der Waals surface area contributed by atoms with Crippen molar-refractivity contribution in [2.75, 3.05) is 32.8 Å². The zero-order chi connectivity index (χ0) is 23.9. The van der Waals surface area contributed by atoms with Gasteiger partial charge in [-0.25, -0.2) is 9.07 Å². The Morgan fingerprint density at radius 2 is 1.79 bits per heavy atom. The zero-order valence-corrected chi connectivity index (χ0v) is 18.7. The van der Waals surface area contributed by atoms with Gasteiger partial charge in [0, 0.05) is 23.9 Å². The first kappa shape index (κ1) is 22.9. The molecule has 8 nitrogen and oxygen atoms in total. The van der Waals surface area contributed by atoms with Crippen LogP contribution >= 0.6 is 0 Å². The van der Waals surface area contributed by atoms with Gasteiger partial charge in [0.2, 0.25) is 0 Å². The molecule has 0 fully saturated rings. The van der Waals surface area contributed by atoms with E-state index in [1.165, 1.54) is 12.1 Å². The van der Waals surface area contributed by atoms with Crippen LogP contribution < -0.4 is 14.8 Å². The van der Waals surface area contributed by atoms with E-state index in [2.05, 4.69) is 15.4 Å². The number of hydrogen-bond acceptors (Lipinski definition) is 6. The highest BCUT2D eigenvalue weighted by Gasteiger charge is 2.16. The predicted molar refractivity (Wildman–Crippen MR) is 125 cm³/mol. The van der Waals surface area contributed by atoms with Crippen molar-refractivity contribution in [3.63, 3.8) is 0 Å². The van der Waals surface area contributed by atoms with Crippen molar-refractivity contribution in [1.29, 1.82) is 0 Å². The average molecular weight is 462 g/mol. The lowest BCUT2D eigenvalue weighted by atomic mass is 10.2. The van der Waals surface area contributed by atoms with Crippen molar-refractivity contribution in [3.05, 3.63) is 84.2 Å². The molecule has 0 saturated heterocycles. The first-order chi connectivity index (χ1) is 16.6. The van der Waals surface area contributed by atoms with Gasteiger partial charge >= 0.3 is 6.01 Å². The van der Waals surface area contributed by atoms with Crippen molar-refractivity contribution in [3.8, 4) is 28.8 Å². The average Bonchev–Trinajstić information content (AvgIpc) is 3.29. The number of hydrogen-bond donors (Lipinski definition) is 1. The number of amides is 1. The number of halogens is 1. The van der Waals surface area contributed by atoms with Crippen LogP contribution in [0.4, 0.5) is 10.1 Å². The van der Waals surface area contributed by atoms with Gasteiger partial charge in [0.25, 0.3) is 5.91 Å².